The molecule has 0 bridgehead atoms. The van der Waals surface area contributed by atoms with Crippen LogP contribution in [-0.4, -0.2) is 56.5 Å². The summed E-state index contributed by atoms with van der Waals surface area (Å²) in [5, 5.41) is 15.2. The Morgan fingerprint density at radius 2 is 2.07 bits per heavy atom. The Morgan fingerprint density at radius 3 is 2.72 bits per heavy atom. The number of nitrogens with two attached hydrogens (primary N) is 1. The zero-order chi connectivity index (χ0) is 20.6. The van der Waals surface area contributed by atoms with Gasteiger partial charge < -0.3 is 20.5 Å². The molecule has 156 valence electrons. The Bertz CT molecular complexity index is 990. The van der Waals surface area contributed by atoms with Crippen LogP contribution in [0, 0.1) is 0 Å². The molecule has 3 aromatic heterocycles. The van der Waals surface area contributed by atoms with Crippen LogP contribution < -0.4 is 15.4 Å². The van der Waals surface area contributed by atoms with E-state index in [1.807, 2.05) is 29.8 Å². The molecule has 1 fully saturated rings. The van der Waals surface area contributed by atoms with E-state index in [0.29, 0.717) is 18.4 Å². The van der Waals surface area contributed by atoms with Crippen molar-refractivity contribution in [1.29, 1.82) is 0 Å². The second-order valence-electron chi connectivity index (χ2n) is 7.91. The van der Waals surface area contributed by atoms with Crippen molar-refractivity contribution >= 4 is 21.4 Å². The lowest BCUT2D eigenvalue weighted by Gasteiger charge is -2.37. The van der Waals surface area contributed by atoms with E-state index in [4.69, 9.17) is 20.6 Å². The van der Waals surface area contributed by atoms with Gasteiger partial charge in [0.15, 0.2) is 0 Å². The van der Waals surface area contributed by atoms with Gasteiger partial charge >= 0.3 is 0 Å². The maximum absolute atomic E-state index is 9.49. The molecule has 0 atom stereocenters. The van der Waals surface area contributed by atoms with Crippen molar-refractivity contribution < 1.29 is 9.84 Å². The first-order chi connectivity index (χ1) is 13.9. The monoisotopic (exact) mass is 416 g/mol. The molecule has 29 heavy (non-hydrogen) atoms. The number of rotatable bonds is 6. The number of fused-ring (bicyclic) bond motifs is 1. The molecule has 9 heteroatoms. The zero-order valence-corrected chi connectivity index (χ0v) is 17.9. The molecular weight excluding hydrogens is 388 g/mol. The van der Waals surface area contributed by atoms with E-state index in [9.17, 15) is 5.11 Å². The third-order valence-electron chi connectivity index (χ3n) is 5.45. The summed E-state index contributed by atoms with van der Waals surface area (Å²) in [6.07, 6.45) is 3.31. The number of piperidine rings is 1. The number of nitrogens with zero attached hydrogens (tertiary/aromatic N) is 5. The van der Waals surface area contributed by atoms with Crippen molar-refractivity contribution in [3.63, 3.8) is 0 Å². The lowest BCUT2D eigenvalue weighted by atomic mass is 9.90. The summed E-state index contributed by atoms with van der Waals surface area (Å²) < 4.78 is 7.70. The molecule has 0 aliphatic carbocycles. The van der Waals surface area contributed by atoms with Gasteiger partial charge in [-0.2, -0.15) is 0 Å². The van der Waals surface area contributed by atoms with Gasteiger partial charge in [-0.1, -0.05) is 25.2 Å². The van der Waals surface area contributed by atoms with Crippen molar-refractivity contribution in [2.24, 2.45) is 5.73 Å². The summed E-state index contributed by atoms with van der Waals surface area (Å²) in [5.41, 5.74) is 8.48. The molecule has 0 amide bonds. The molecule has 0 aromatic carbocycles. The minimum atomic E-state index is -0.477. The summed E-state index contributed by atoms with van der Waals surface area (Å²) >= 11 is 1.56. The number of ether oxygens (including phenoxy) is 1. The third-order valence-corrected chi connectivity index (χ3v) is 6.43. The maximum Gasteiger partial charge on any atom is 0.223 e. The Kier molecular flexibility index (Phi) is 5.46. The van der Waals surface area contributed by atoms with Gasteiger partial charge in [-0.25, -0.2) is 14.5 Å². The Balaban J connectivity index is 1.66. The number of imidazole rings is 1. The average molecular weight is 417 g/mol. The van der Waals surface area contributed by atoms with Crippen molar-refractivity contribution in [3.05, 3.63) is 24.0 Å². The first-order valence-electron chi connectivity index (χ1n) is 10.1. The van der Waals surface area contributed by atoms with Gasteiger partial charge in [-0.05, 0) is 37.8 Å². The van der Waals surface area contributed by atoms with Crippen molar-refractivity contribution in [2.75, 3.05) is 31.2 Å². The van der Waals surface area contributed by atoms with Gasteiger partial charge in [0.25, 0.3) is 0 Å². The van der Waals surface area contributed by atoms with Crippen molar-refractivity contribution in [3.8, 4) is 17.1 Å². The molecule has 0 unspecified atom stereocenters. The van der Waals surface area contributed by atoms with Gasteiger partial charge in [0, 0.05) is 24.3 Å². The highest BCUT2D eigenvalue weighted by molar-refractivity contribution is 7.20. The van der Waals surface area contributed by atoms with E-state index in [1.165, 1.54) is 0 Å². The van der Waals surface area contributed by atoms with Crippen LogP contribution in [-0.2, 0) is 0 Å². The molecular formula is C20H28N6O2S. The molecule has 0 spiro atoms. The number of aliphatic hydroxyl groups excluding tert-OH is 1. The number of aliphatic hydroxyl groups is 1. The predicted octanol–water partition coefficient (Wildman–Crippen LogP) is 2.66. The third kappa shape index (κ3) is 3.82. The van der Waals surface area contributed by atoms with E-state index in [1.54, 1.807) is 11.3 Å². The van der Waals surface area contributed by atoms with Crippen molar-refractivity contribution in [1.82, 2.24) is 19.6 Å². The van der Waals surface area contributed by atoms with Crippen LogP contribution in [0.15, 0.2) is 18.3 Å². The Labute approximate surface area is 174 Å². The molecule has 4 rings (SSSR count). The molecule has 1 aliphatic rings. The Morgan fingerprint density at radius 1 is 1.31 bits per heavy atom. The highest BCUT2D eigenvalue weighted by Crippen LogP contribution is 2.34. The van der Waals surface area contributed by atoms with E-state index in [0.717, 1.165) is 53.0 Å². The fraction of sp³-hybridized carbons (Fsp3) is 0.550. The van der Waals surface area contributed by atoms with Crippen LogP contribution in [0.4, 0.5) is 5.13 Å². The van der Waals surface area contributed by atoms with E-state index in [2.05, 4.69) is 23.7 Å². The normalized spacial score (nSPS) is 16.7. The second kappa shape index (κ2) is 7.89. The summed E-state index contributed by atoms with van der Waals surface area (Å²) in [4.78, 5) is 12.3. The first-order valence-corrected chi connectivity index (χ1v) is 10.9. The number of anilines is 1. The lowest BCUT2D eigenvalue weighted by molar-refractivity contribution is 0.170. The molecule has 1 saturated heterocycles. The minimum absolute atomic E-state index is 0.0196. The molecule has 0 saturated carbocycles. The summed E-state index contributed by atoms with van der Waals surface area (Å²) in [6.45, 7) is 8.31. The fourth-order valence-corrected chi connectivity index (χ4v) is 4.44. The molecule has 3 aromatic rings. The number of hydrogen-bond donors (Lipinski definition) is 2. The van der Waals surface area contributed by atoms with Crippen LogP contribution in [0.25, 0.3) is 16.2 Å². The first kappa shape index (κ1) is 20.1. The van der Waals surface area contributed by atoms with Gasteiger partial charge in [0.05, 0.1) is 30.7 Å². The van der Waals surface area contributed by atoms with Crippen LogP contribution in [0.5, 0.6) is 5.88 Å². The van der Waals surface area contributed by atoms with Crippen LogP contribution >= 0.6 is 11.3 Å². The maximum atomic E-state index is 9.49. The number of pyridine rings is 1. The van der Waals surface area contributed by atoms with Crippen molar-refractivity contribution in [2.45, 2.75) is 45.1 Å². The highest BCUT2D eigenvalue weighted by atomic mass is 32.1. The second-order valence-corrected chi connectivity index (χ2v) is 8.84. The summed E-state index contributed by atoms with van der Waals surface area (Å²) in [5.74, 6) is 0.941. The minimum Gasteiger partial charge on any atom is -0.477 e. The number of hydrogen-bond acceptors (Lipinski definition) is 8. The van der Waals surface area contributed by atoms with Gasteiger partial charge in [-0.3, -0.25) is 0 Å². The largest absolute Gasteiger partial charge is 0.477 e. The molecule has 3 N–H and O–H groups in total. The molecule has 1 aliphatic heterocycles. The lowest BCUT2D eigenvalue weighted by Crippen LogP contribution is -2.52. The smallest absolute Gasteiger partial charge is 0.223 e. The standard InChI is InChI=1S/C20H28N6O2S/c1-4-28-17-14(5-6-15(23-17)13(2)3)16-11-22-18-26(16)24-19(29-18)25-9-7-20(21,12-27)8-10-25/h5-6,11,13,27H,4,7-10,12,21H2,1-3H3. The van der Waals surface area contributed by atoms with Crippen LogP contribution in [0.1, 0.15) is 45.2 Å². The predicted molar refractivity (Wildman–Crippen MR) is 115 cm³/mol. The van der Waals surface area contributed by atoms with Crippen LogP contribution in [0.2, 0.25) is 0 Å². The van der Waals surface area contributed by atoms with Gasteiger partial charge in [0.2, 0.25) is 16.0 Å². The van der Waals surface area contributed by atoms with Gasteiger partial charge in [-0.15, -0.1) is 5.10 Å². The molecule has 0 radical (unpaired) electrons. The average Bonchev–Trinajstić information content (AvgIpc) is 3.30. The number of aromatic nitrogens is 4. The quantitative estimate of drug-likeness (QED) is 0.637. The summed E-state index contributed by atoms with van der Waals surface area (Å²) in [7, 11) is 0. The fourth-order valence-electron chi connectivity index (χ4n) is 3.51. The summed E-state index contributed by atoms with van der Waals surface area (Å²) in [6, 6.07) is 4.08. The topological polar surface area (TPSA) is 102 Å². The SMILES string of the molecule is CCOc1nc(C(C)C)ccc1-c1cnc2sc(N3CCC(N)(CO)CC3)nn12. The van der Waals surface area contributed by atoms with Gasteiger partial charge in [0.1, 0.15) is 0 Å². The zero-order valence-electron chi connectivity index (χ0n) is 17.1. The van der Waals surface area contributed by atoms with E-state index in [-0.39, 0.29) is 6.61 Å². The molecule has 4 heterocycles. The van der Waals surface area contributed by atoms with E-state index >= 15 is 0 Å². The highest BCUT2D eigenvalue weighted by Gasteiger charge is 2.31. The van der Waals surface area contributed by atoms with Crippen LogP contribution in [0.3, 0.4) is 0 Å². The Hall–Kier alpha value is -2.23. The van der Waals surface area contributed by atoms with E-state index < -0.39 is 5.54 Å². The molecule has 8 nitrogen and oxygen atoms in total.